The number of morpholine rings is 1. The number of anilines is 2. The summed E-state index contributed by atoms with van der Waals surface area (Å²) in [4.78, 5) is 54.3. The number of hydrogen-bond acceptors (Lipinski definition) is 7. The highest BCUT2D eigenvalue weighted by atomic mass is 19.1. The zero-order valence-electron chi connectivity index (χ0n) is 25.5. The monoisotopic (exact) mass is 635 g/mol. The van der Waals surface area contributed by atoms with Crippen LogP contribution >= 0.6 is 0 Å². The van der Waals surface area contributed by atoms with Crippen LogP contribution in [-0.2, 0) is 25.5 Å². The van der Waals surface area contributed by atoms with E-state index >= 15 is 0 Å². The lowest BCUT2D eigenvalue weighted by molar-refractivity contribution is -0.139. The highest BCUT2D eigenvalue weighted by Gasteiger charge is 2.23. The number of hydrogen-bond donors (Lipinski definition) is 4. The minimum Gasteiger partial charge on any atom is -0.497 e. The van der Waals surface area contributed by atoms with Crippen molar-refractivity contribution in [1.82, 2.24) is 15.1 Å². The summed E-state index contributed by atoms with van der Waals surface area (Å²) in [5, 5.41) is 17.5. The third-order valence-electron chi connectivity index (χ3n) is 7.49. The van der Waals surface area contributed by atoms with Crippen LogP contribution in [0.25, 0.3) is 0 Å². The first-order chi connectivity index (χ1) is 22.2. The fourth-order valence-electron chi connectivity index (χ4n) is 4.85. The Kier molecular flexibility index (Phi) is 12.4. The molecule has 3 aromatic carbocycles. The van der Waals surface area contributed by atoms with Gasteiger partial charge in [-0.1, -0.05) is 36.4 Å². The van der Waals surface area contributed by atoms with Crippen molar-refractivity contribution >= 4 is 35.2 Å². The second-order valence-corrected chi connectivity index (χ2v) is 10.7. The van der Waals surface area contributed by atoms with Gasteiger partial charge in [0.15, 0.2) is 0 Å². The Morgan fingerprint density at radius 3 is 2.33 bits per heavy atom. The topological polar surface area (TPSA) is 150 Å². The van der Waals surface area contributed by atoms with Crippen LogP contribution in [0.2, 0.25) is 0 Å². The summed E-state index contributed by atoms with van der Waals surface area (Å²) in [6.45, 7) is 3.07. The molecule has 0 spiro atoms. The average molecular weight is 636 g/mol. The molecule has 1 fully saturated rings. The number of nitrogens with zero attached hydrogens (tertiary/aromatic N) is 2. The number of benzene rings is 3. The van der Waals surface area contributed by atoms with Gasteiger partial charge in [-0.2, -0.15) is 0 Å². The molecule has 1 heterocycles. The number of aliphatic carboxylic acids is 1. The number of ether oxygens (including phenoxy) is 2. The van der Waals surface area contributed by atoms with Crippen LogP contribution in [0.1, 0.15) is 17.0 Å². The number of carboxylic acids is 1. The number of halogens is 1. The van der Waals surface area contributed by atoms with Crippen molar-refractivity contribution in [3.63, 3.8) is 0 Å². The molecule has 4 N–H and O–H groups in total. The number of carboxylic acid groups (broad SMARTS) is 1. The lowest BCUT2D eigenvalue weighted by atomic mass is 9.99. The summed E-state index contributed by atoms with van der Waals surface area (Å²) in [6, 6.07) is 18.4. The summed E-state index contributed by atoms with van der Waals surface area (Å²) in [6.07, 6.45) is 0.00168. The fourth-order valence-corrected chi connectivity index (χ4v) is 4.85. The van der Waals surface area contributed by atoms with E-state index in [0.29, 0.717) is 48.9 Å². The van der Waals surface area contributed by atoms with E-state index in [2.05, 4.69) is 20.9 Å². The minimum absolute atomic E-state index is 0.00168. The standard InChI is InChI=1S/C33H38FN5O7/c1-45-26-12-8-24(9-13-26)27(32(42)43)21-35-30(40)22-39(15-14-38-16-18-46-19-17-38)31(41)20-23-6-10-25(11-7-23)36-33(44)37-29-5-3-2-4-28(29)34/h2-13,27H,14-22H2,1H3,(H,35,40)(H,42,43)(H2,36,37,44). The van der Waals surface area contributed by atoms with Crippen molar-refractivity contribution in [3.8, 4) is 5.75 Å². The molecule has 244 valence electrons. The maximum Gasteiger partial charge on any atom is 0.323 e. The molecule has 0 saturated carbocycles. The molecule has 3 aromatic rings. The van der Waals surface area contributed by atoms with E-state index < -0.39 is 29.6 Å². The lowest BCUT2D eigenvalue weighted by Crippen LogP contribution is -2.47. The second-order valence-electron chi connectivity index (χ2n) is 10.7. The summed E-state index contributed by atoms with van der Waals surface area (Å²) in [5.41, 5.74) is 1.66. The van der Waals surface area contributed by atoms with Crippen LogP contribution in [0.4, 0.5) is 20.6 Å². The van der Waals surface area contributed by atoms with Gasteiger partial charge in [-0.15, -0.1) is 0 Å². The minimum atomic E-state index is -1.09. The number of carbonyl (C=O) groups excluding carboxylic acids is 3. The number of methoxy groups -OCH3 is 1. The van der Waals surface area contributed by atoms with E-state index in [4.69, 9.17) is 9.47 Å². The molecule has 4 rings (SSSR count). The summed E-state index contributed by atoms with van der Waals surface area (Å²) in [5.74, 6) is -2.80. The Morgan fingerprint density at radius 1 is 0.978 bits per heavy atom. The molecule has 1 aliphatic rings. The van der Waals surface area contributed by atoms with Gasteiger partial charge in [0, 0.05) is 38.4 Å². The SMILES string of the molecule is COc1ccc(C(CNC(=O)CN(CCN2CCOCC2)C(=O)Cc2ccc(NC(=O)Nc3ccccc3F)cc2)C(=O)O)cc1. The molecule has 13 heteroatoms. The molecule has 0 radical (unpaired) electrons. The number of carbonyl (C=O) groups is 4. The highest BCUT2D eigenvalue weighted by Crippen LogP contribution is 2.20. The van der Waals surface area contributed by atoms with Crippen molar-refractivity contribution in [2.45, 2.75) is 12.3 Å². The van der Waals surface area contributed by atoms with E-state index in [1.54, 1.807) is 54.6 Å². The zero-order valence-corrected chi connectivity index (χ0v) is 25.5. The van der Waals surface area contributed by atoms with Gasteiger partial charge in [0.2, 0.25) is 11.8 Å². The van der Waals surface area contributed by atoms with Crippen molar-refractivity contribution in [2.24, 2.45) is 0 Å². The van der Waals surface area contributed by atoms with Crippen molar-refractivity contribution in [1.29, 1.82) is 0 Å². The predicted octanol–water partition coefficient (Wildman–Crippen LogP) is 3.17. The molecular formula is C33H38FN5O7. The van der Waals surface area contributed by atoms with E-state index in [-0.39, 0.29) is 31.1 Å². The molecule has 1 aliphatic heterocycles. The first-order valence-corrected chi connectivity index (χ1v) is 14.8. The van der Waals surface area contributed by atoms with E-state index in [0.717, 1.165) is 13.1 Å². The zero-order chi connectivity index (χ0) is 32.9. The number of nitrogens with one attached hydrogen (secondary N) is 3. The van der Waals surface area contributed by atoms with E-state index in [9.17, 15) is 28.7 Å². The van der Waals surface area contributed by atoms with Crippen molar-refractivity contribution in [3.05, 3.63) is 89.7 Å². The van der Waals surface area contributed by atoms with Crippen LogP contribution in [0.15, 0.2) is 72.8 Å². The lowest BCUT2D eigenvalue weighted by Gasteiger charge is -2.30. The molecule has 0 aromatic heterocycles. The molecular weight excluding hydrogens is 597 g/mol. The number of rotatable bonds is 14. The van der Waals surface area contributed by atoms with Crippen LogP contribution in [-0.4, -0.2) is 98.3 Å². The van der Waals surface area contributed by atoms with Crippen LogP contribution in [0.3, 0.4) is 0 Å². The molecule has 4 amide bonds. The molecule has 1 atom stereocenters. The van der Waals surface area contributed by atoms with Gasteiger partial charge in [0.05, 0.1) is 44.9 Å². The summed E-state index contributed by atoms with van der Waals surface area (Å²) >= 11 is 0. The molecule has 1 saturated heterocycles. The van der Waals surface area contributed by atoms with Crippen LogP contribution < -0.4 is 20.7 Å². The van der Waals surface area contributed by atoms with Gasteiger partial charge < -0.3 is 35.4 Å². The van der Waals surface area contributed by atoms with Gasteiger partial charge in [-0.05, 0) is 47.5 Å². The van der Waals surface area contributed by atoms with E-state index in [1.165, 1.54) is 30.2 Å². The number of amides is 4. The predicted molar refractivity (Wildman–Crippen MR) is 169 cm³/mol. The molecule has 46 heavy (non-hydrogen) atoms. The molecule has 12 nitrogen and oxygen atoms in total. The van der Waals surface area contributed by atoms with E-state index in [1.807, 2.05) is 0 Å². The first-order valence-electron chi connectivity index (χ1n) is 14.8. The molecule has 0 aliphatic carbocycles. The molecule has 0 bridgehead atoms. The van der Waals surface area contributed by atoms with Gasteiger partial charge in [0.25, 0.3) is 0 Å². The smallest absolute Gasteiger partial charge is 0.323 e. The number of para-hydroxylation sites is 1. The van der Waals surface area contributed by atoms with Gasteiger partial charge in [-0.3, -0.25) is 19.3 Å². The average Bonchev–Trinajstić information content (AvgIpc) is 3.05. The third-order valence-corrected chi connectivity index (χ3v) is 7.49. The third kappa shape index (κ3) is 10.3. The molecule has 1 unspecified atom stereocenters. The van der Waals surface area contributed by atoms with Gasteiger partial charge >= 0.3 is 12.0 Å². The van der Waals surface area contributed by atoms with Crippen molar-refractivity contribution in [2.75, 3.05) is 70.2 Å². The first kappa shape index (κ1) is 33.9. The fraction of sp³-hybridized carbons (Fsp3) is 0.333. The number of urea groups is 1. The largest absolute Gasteiger partial charge is 0.497 e. The Balaban J connectivity index is 1.35. The quantitative estimate of drug-likeness (QED) is 0.211. The maximum absolute atomic E-state index is 13.8. The Labute approximate surface area is 266 Å². The second kappa shape index (κ2) is 16.9. The van der Waals surface area contributed by atoms with Crippen LogP contribution in [0.5, 0.6) is 5.75 Å². The van der Waals surface area contributed by atoms with Crippen molar-refractivity contribution < 1.29 is 38.1 Å². The Morgan fingerprint density at radius 2 is 1.67 bits per heavy atom. The van der Waals surface area contributed by atoms with Gasteiger partial charge in [-0.25, -0.2) is 9.18 Å². The maximum atomic E-state index is 13.8. The normalized spacial score (nSPS) is 13.7. The summed E-state index contributed by atoms with van der Waals surface area (Å²) < 4.78 is 24.4. The highest BCUT2D eigenvalue weighted by molar-refractivity contribution is 5.99. The Bertz CT molecular complexity index is 1480. The Hall–Kier alpha value is -5.01. The summed E-state index contributed by atoms with van der Waals surface area (Å²) in [7, 11) is 1.51. The van der Waals surface area contributed by atoms with Gasteiger partial charge in [0.1, 0.15) is 11.6 Å². The van der Waals surface area contributed by atoms with Crippen LogP contribution in [0, 0.1) is 5.82 Å².